The van der Waals surface area contributed by atoms with E-state index in [0.29, 0.717) is 18.6 Å². The smallest absolute Gasteiger partial charge is 0.262 e. The molecule has 2 aromatic rings. The monoisotopic (exact) mass is 407 g/mol. The summed E-state index contributed by atoms with van der Waals surface area (Å²) >= 11 is 0. The fourth-order valence-corrected chi connectivity index (χ4v) is 3.23. The second-order valence-corrected chi connectivity index (χ2v) is 8.02. The van der Waals surface area contributed by atoms with E-state index in [1.54, 1.807) is 18.2 Å². The van der Waals surface area contributed by atoms with Crippen LogP contribution in [0, 0.1) is 5.82 Å². The van der Waals surface area contributed by atoms with E-state index >= 15 is 0 Å². The highest BCUT2D eigenvalue weighted by Crippen LogP contribution is 2.27. The van der Waals surface area contributed by atoms with Gasteiger partial charge >= 0.3 is 0 Å². The molecule has 2 aromatic carbocycles. The second kappa shape index (κ2) is 7.85. The number of aryl methyl sites for hydroxylation is 1. The van der Waals surface area contributed by atoms with Gasteiger partial charge in [-0.15, -0.1) is 0 Å². The van der Waals surface area contributed by atoms with Gasteiger partial charge in [-0.25, -0.2) is 12.8 Å². The molecule has 1 aliphatic rings. The molecule has 10 heteroatoms. The van der Waals surface area contributed by atoms with Crippen LogP contribution in [0.5, 0.6) is 5.75 Å². The molecular weight excluding hydrogens is 389 g/mol. The molecule has 0 fully saturated rings. The number of hydrogen-bond acceptors (Lipinski definition) is 5. The topological polar surface area (TPSA) is 114 Å². The Morgan fingerprint density at radius 3 is 2.75 bits per heavy atom. The minimum Gasteiger partial charge on any atom is -0.484 e. The lowest BCUT2D eigenvalue weighted by atomic mass is 10.0. The van der Waals surface area contributed by atoms with Crippen LogP contribution >= 0.6 is 0 Å². The number of carbonyl (C=O) groups excluding carboxylic acids is 2. The first-order valence-corrected chi connectivity index (χ1v) is 10.2. The molecule has 0 aliphatic carbocycles. The standard InChI is InChI=1S/C18H18FN3O5S/c1-28(25,26)22-16-9-12(3-5-14(16)19)20-18(24)10-27-13-4-6-15-11(8-13)2-7-17(23)21-15/h3-6,8-9,22H,2,7,10H2,1H3,(H,20,24)(H,21,23). The Morgan fingerprint density at radius 1 is 1.21 bits per heavy atom. The number of fused-ring (bicyclic) bond motifs is 1. The Bertz CT molecular complexity index is 1040. The summed E-state index contributed by atoms with van der Waals surface area (Å²) in [5.74, 6) is -0.822. The maximum atomic E-state index is 13.7. The first-order valence-electron chi connectivity index (χ1n) is 8.32. The van der Waals surface area contributed by atoms with E-state index in [9.17, 15) is 22.4 Å². The van der Waals surface area contributed by atoms with Crippen LogP contribution in [0.2, 0.25) is 0 Å². The molecule has 0 radical (unpaired) electrons. The van der Waals surface area contributed by atoms with Crippen molar-refractivity contribution >= 4 is 38.9 Å². The van der Waals surface area contributed by atoms with E-state index in [1.165, 1.54) is 12.1 Å². The van der Waals surface area contributed by atoms with Gasteiger partial charge in [0, 0.05) is 17.8 Å². The van der Waals surface area contributed by atoms with E-state index in [1.807, 2.05) is 4.72 Å². The molecule has 0 atom stereocenters. The Hall–Kier alpha value is -3.14. The molecule has 8 nitrogen and oxygen atoms in total. The van der Waals surface area contributed by atoms with E-state index in [4.69, 9.17) is 4.74 Å². The van der Waals surface area contributed by atoms with Gasteiger partial charge in [0.15, 0.2) is 6.61 Å². The summed E-state index contributed by atoms with van der Waals surface area (Å²) in [4.78, 5) is 23.4. The summed E-state index contributed by atoms with van der Waals surface area (Å²) < 4.78 is 43.7. The molecule has 148 valence electrons. The van der Waals surface area contributed by atoms with Crippen molar-refractivity contribution in [2.45, 2.75) is 12.8 Å². The Morgan fingerprint density at radius 2 is 2.00 bits per heavy atom. The van der Waals surface area contributed by atoms with Gasteiger partial charge in [-0.05, 0) is 48.4 Å². The predicted molar refractivity (Wildman–Crippen MR) is 102 cm³/mol. The summed E-state index contributed by atoms with van der Waals surface area (Å²) in [6.45, 7) is -0.294. The number of rotatable bonds is 6. The van der Waals surface area contributed by atoms with Crippen LogP contribution in [0.1, 0.15) is 12.0 Å². The number of amides is 2. The molecule has 0 unspecified atom stereocenters. The van der Waals surface area contributed by atoms with E-state index < -0.39 is 21.7 Å². The van der Waals surface area contributed by atoms with Gasteiger partial charge in [0.05, 0.1) is 11.9 Å². The average Bonchev–Trinajstić information content (AvgIpc) is 2.61. The van der Waals surface area contributed by atoms with Gasteiger partial charge < -0.3 is 15.4 Å². The van der Waals surface area contributed by atoms with Gasteiger partial charge in [0.1, 0.15) is 11.6 Å². The van der Waals surface area contributed by atoms with Gasteiger partial charge in [-0.3, -0.25) is 14.3 Å². The normalized spacial score (nSPS) is 13.3. The van der Waals surface area contributed by atoms with Gasteiger partial charge in [-0.2, -0.15) is 0 Å². The highest BCUT2D eigenvalue weighted by Gasteiger charge is 2.15. The molecule has 0 aromatic heterocycles. The van der Waals surface area contributed by atoms with E-state index in [0.717, 1.165) is 23.6 Å². The van der Waals surface area contributed by atoms with Gasteiger partial charge in [0.25, 0.3) is 5.91 Å². The Kier molecular flexibility index (Phi) is 5.50. The van der Waals surface area contributed by atoms with Crippen molar-refractivity contribution < 1.29 is 27.1 Å². The molecule has 1 aliphatic heterocycles. The molecule has 3 rings (SSSR count). The SMILES string of the molecule is CS(=O)(=O)Nc1cc(NC(=O)COc2ccc3c(c2)CCC(=O)N3)ccc1F. The first-order chi connectivity index (χ1) is 13.2. The van der Waals surface area contributed by atoms with Gasteiger partial charge in [0.2, 0.25) is 15.9 Å². The van der Waals surface area contributed by atoms with Gasteiger partial charge in [-0.1, -0.05) is 0 Å². The maximum Gasteiger partial charge on any atom is 0.262 e. The number of nitrogens with one attached hydrogen (secondary N) is 3. The van der Waals surface area contributed by atoms with Crippen LogP contribution in [0.25, 0.3) is 0 Å². The lowest BCUT2D eigenvalue weighted by molar-refractivity contribution is -0.118. The zero-order valence-electron chi connectivity index (χ0n) is 14.9. The molecular formula is C18H18FN3O5S. The van der Waals surface area contributed by atoms with Crippen LogP contribution in [0.4, 0.5) is 21.5 Å². The van der Waals surface area contributed by atoms with Crippen molar-refractivity contribution in [1.82, 2.24) is 0 Å². The van der Waals surface area contributed by atoms with Crippen molar-refractivity contribution in [1.29, 1.82) is 0 Å². The van der Waals surface area contributed by atoms with Crippen LogP contribution in [0.3, 0.4) is 0 Å². The highest BCUT2D eigenvalue weighted by molar-refractivity contribution is 7.92. The number of sulfonamides is 1. The summed E-state index contributed by atoms with van der Waals surface area (Å²) in [7, 11) is -3.66. The van der Waals surface area contributed by atoms with Crippen LogP contribution in [-0.4, -0.2) is 33.1 Å². The van der Waals surface area contributed by atoms with Crippen molar-refractivity contribution in [2.24, 2.45) is 0 Å². The Labute approximate surface area is 161 Å². The van der Waals surface area contributed by atoms with Crippen LogP contribution in [-0.2, 0) is 26.0 Å². The Balaban J connectivity index is 1.60. The lowest BCUT2D eigenvalue weighted by Gasteiger charge is -2.17. The van der Waals surface area contributed by atoms with Crippen LogP contribution < -0.4 is 20.1 Å². The summed E-state index contributed by atoms with van der Waals surface area (Å²) in [6.07, 6.45) is 1.89. The predicted octanol–water partition coefficient (Wildman–Crippen LogP) is 2.10. The fraction of sp³-hybridized carbons (Fsp3) is 0.222. The maximum absolute atomic E-state index is 13.7. The summed E-state index contributed by atoms with van der Waals surface area (Å²) in [5, 5.41) is 5.27. The third-order valence-corrected chi connectivity index (χ3v) is 4.48. The van der Waals surface area contributed by atoms with E-state index in [2.05, 4.69) is 10.6 Å². The zero-order valence-corrected chi connectivity index (χ0v) is 15.7. The van der Waals surface area contributed by atoms with Crippen molar-refractivity contribution in [3.05, 3.63) is 47.8 Å². The van der Waals surface area contributed by atoms with E-state index in [-0.39, 0.29) is 23.9 Å². The zero-order chi connectivity index (χ0) is 20.3. The molecule has 0 saturated carbocycles. The van der Waals surface area contributed by atoms with Crippen molar-refractivity contribution in [3.63, 3.8) is 0 Å². The quantitative estimate of drug-likeness (QED) is 0.679. The second-order valence-electron chi connectivity index (χ2n) is 6.27. The lowest BCUT2D eigenvalue weighted by Crippen LogP contribution is -2.21. The fourth-order valence-electron chi connectivity index (χ4n) is 2.68. The number of hydrogen-bond donors (Lipinski definition) is 3. The third-order valence-electron chi connectivity index (χ3n) is 3.89. The number of anilines is 3. The molecule has 28 heavy (non-hydrogen) atoms. The largest absolute Gasteiger partial charge is 0.484 e. The number of halogens is 1. The number of ether oxygens (including phenoxy) is 1. The summed E-state index contributed by atoms with van der Waals surface area (Å²) in [6, 6.07) is 8.64. The molecule has 0 spiro atoms. The molecule has 0 bridgehead atoms. The van der Waals surface area contributed by atoms with Crippen molar-refractivity contribution in [3.8, 4) is 5.75 Å². The minimum atomic E-state index is -3.66. The first kappa shape index (κ1) is 19.6. The highest BCUT2D eigenvalue weighted by atomic mass is 32.2. The minimum absolute atomic E-state index is 0.0374. The number of benzene rings is 2. The number of carbonyl (C=O) groups is 2. The summed E-state index contributed by atoms with van der Waals surface area (Å²) in [5.41, 5.74) is 1.60. The molecule has 1 heterocycles. The molecule has 0 saturated heterocycles. The molecule has 3 N–H and O–H groups in total. The van der Waals surface area contributed by atoms with Crippen LogP contribution in [0.15, 0.2) is 36.4 Å². The average molecular weight is 407 g/mol. The molecule has 2 amide bonds. The third kappa shape index (κ3) is 5.19. The van der Waals surface area contributed by atoms with Crippen molar-refractivity contribution in [2.75, 3.05) is 28.2 Å².